The summed E-state index contributed by atoms with van der Waals surface area (Å²) in [5, 5.41) is 3.62. The van der Waals surface area contributed by atoms with Crippen LogP contribution in [0.15, 0.2) is 42.7 Å². The van der Waals surface area contributed by atoms with Crippen molar-refractivity contribution in [3.63, 3.8) is 0 Å². The fourth-order valence-corrected chi connectivity index (χ4v) is 2.91. The van der Waals surface area contributed by atoms with Crippen LogP contribution in [0.25, 0.3) is 0 Å². The van der Waals surface area contributed by atoms with Crippen LogP contribution in [0, 0.1) is 0 Å². The minimum atomic E-state index is 0.191. The molecular formula is C18H27N3. The van der Waals surface area contributed by atoms with Gasteiger partial charge >= 0.3 is 0 Å². The lowest BCUT2D eigenvalue weighted by atomic mass is 9.79. The quantitative estimate of drug-likeness (QED) is 0.846. The summed E-state index contributed by atoms with van der Waals surface area (Å²) < 4.78 is 2.08. The summed E-state index contributed by atoms with van der Waals surface area (Å²) in [7, 11) is 2.05. The van der Waals surface area contributed by atoms with Gasteiger partial charge in [-0.15, -0.1) is 0 Å². The first-order valence-electron chi connectivity index (χ1n) is 7.74. The smallest absolute Gasteiger partial charge is 0.109 e. The van der Waals surface area contributed by atoms with Gasteiger partial charge in [-0.2, -0.15) is 0 Å². The largest absolute Gasteiger partial charge is 0.338 e. The average Bonchev–Trinajstić information content (AvgIpc) is 2.85. The van der Waals surface area contributed by atoms with Crippen molar-refractivity contribution in [1.82, 2.24) is 14.9 Å². The van der Waals surface area contributed by atoms with Crippen LogP contribution in [0.3, 0.4) is 0 Å². The number of nitrogens with one attached hydrogen (secondary N) is 1. The van der Waals surface area contributed by atoms with Crippen LogP contribution in [0.2, 0.25) is 0 Å². The molecule has 1 N–H and O–H groups in total. The van der Waals surface area contributed by atoms with Gasteiger partial charge in [-0.25, -0.2) is 4.98 Å². The van der Waals surface area contributed by atoms with Crippen LogP contribution in [-0.2, 0) is 18.9 Å². The number of aryl methyl sites for hydroxylation is 1. The molecule has 0 aliphatic rings. The second-order valence-corrected chi connectivity index (χ2v) is 6.51. The Balaban J connectivity index is 1.81. The molecule has 0 amide bonds. The first-order valence-corrected chi connectivity index (χ1v) is 7.74. The Kier molecular flexibility index (Phi) is 5.18. The van der Waals surface area contributed by atoms with E-state index in [2.05, 4.69) is 66.0 Å². The molecule has 2 aromatic rings. The van der Waals surface area contributed by atoms with Crippen LogP contribution in [0.4, 0.5) is 0 Å². The standard InChI is InChI=1S/C18H27N3/c1-15(19-11-10-17-20-12-13-21(17)4)14-18(2,3)16-8-6-5-7-9-16/h5-9,12-13,15,19H,10-11,14H2,1-4H3. The molecule has 1 heterocycles. The van der Waals surface area contributed by atoms with E-state index < -0.39 is 0 Å². The van der Waals surface area contributed by atoms with Gasteiger partial charge in [0.2, 0.25) is 0 Å². The van der Waals surface area contributed by atoms with Crippen LogP contribution < -0.4 is 5.32 Å². The van der Waals surface area contributed by atoms with Crippen molar-refractivity contribution in [3.05, 3.63) is 54.1 Å². The number of hydrogen-bond donors (Lipinski definition) is 1. The van der Waals surface area contributed by atoms with E-state index in [0.717, 1.165) is 25.2 Å². The zero-order valence-corrected chi connectivity index (χ0v) is 13.6. The molecule has 0 radical (unpaired) electrons. The molecule has 3 heteroatoms. The lowest BCUT2D eigenvalue weighted by molar-refractivity contribution is 0.389. The topological polar surface area (TPSA) is 29.9 Å². The highest BCUT2D eigenvalue weighted by molar-refractivity contribution is 5.23. The van der Waals surface area contributed by atoms with E-state index in [9.17, 15) is 0 Å². The Morgan fingerprint density at radius 3 is 2.57 bits per heavy atom. The summed E-state index contributed by atoms with van der Waals surface area (Å²) >= 11 is 0. The first-order chi connectivity index (χ1) is 9.99. The van der Waals surface area contributed by atoms with Gasteiger partial charge in [0.15, 0.2) is 0 Å². The second kappa shape index (κ2) is 6.90. The third-order valence-corrected chi connectivity index (χ3v) is 4.13. The molecule has 1 unspecified atom stereocenters. The molecule has 1 aromatic carbocycles. The van der Waals surface area contributed by atoms with Crippen LogP contribution in [-0.4, -0.2) is 22.1 Å². The van der Waals surface area contributed by atoms with Crippen molar-refractivity contribution in [2.45, 2.75) is 45.1 Å². The Morgan fingerprint density at radius 1 is 1.24 bits per heavy atom. The number of nitrogens with zero attached hydrogens (tertiary/aromatic N) is 2. The lowest BCUT2D eigenvalue weighted by Gasteiger charge is -2.29. The van der Waals surface area contributed by atoms with Gasteiger partial charge in [0, 0.05) is 38.4 Å². The van der Waals surface area contributed by atoms with E-state index in [4.69, 9.17) is 0 Å². The van der Waals surface area contributed by atoms with Crippen molar-refractivity contribution >= 4 is 0 Å². The van der Waals surface area contributed by atoms with Gasteiger partial charge < -0.3 is 9.88 Å². The summed E-state index contributed by atoms with van der Waals surface area (Å²) in [4.78, 5) is 4.36. The molecule has 114 valence electrons. The van der Waals surface area contributed by atoms with E-state index >= 15 is 0 Å². The highest BCUT2D eigenvalue weighted by Gasteiger charge is 2.22. The molecule has 0 saturated heterocycles. The minimum Gasteiger partial charge on any atom is -0.338 e. The number of imidazole rings is 1. The fourth-order valence-electron chi connectivity index (χ4n) is 2.91. The third kappa shape index (κ3) is 4.43. The van der Waals surface area contributed by atoms with E-state index in [-0.39, 0.29) is 5.41 Å². The van der Waals surface area contributed by atoms with Gasteiger partial charge in [0.25, 0.3) is 0 Å². The molecule has 3 nitrogen and oxygen atoms in total. The zero-order valence-electron chi connectivity index (χ0n) is 13.6. The molecule has 21 heavy (non-hydrogen) atoms. The fraction of sp³-hybridized carbons (Fsp3) is 0.500. The Hall–Kier alpha value is -1.61. The molecule has 1 atom stereocenters. The monoisotopic (exact) mass is 285 g/mol. The number of benzene rings is 1. The number of aromatic nitrogens is 2. The zero-order chi connectivity index (χ0) is 15.3. The van der Waals surface area contributed by atoms with Crippen LogP contribution >= 0.6 is 0 Å². The minimum absolute atomic E-state index is 0.191. The summed E-state index contributed by atoms with van der Waals surface area (Å²) in [6.07, 6.45) is 5.95. The lowest BCUT2D eigenvalue weighted by Crippen LogP contribution is -2.34. The van der Waals surface area contributed by atoms with Crippen molar-refractivity contribution < 1.29 is 0 Å². The average molecular weight is 285 g/mol. The molecular weight excluding hydrogens is 258 g/mol. The van der Waals surface area contributed by atoms with Crippen LogP contribution in [0.1, 0.15) is 38.6 Å². The molecule has 2 rings (SSSR count). The molecule has 0 fully saturated rings. The van der Waals surface area contributed by atoms with Crippen molar-refractivity contribution in [3.8, 4) is 0 Å². The first kappa shape index (κ1) is 15.8. The van der Waals surface area contributed by atoms with E-state index in [1.165, 1.54) is 5.56 Å². The molecule has 1 aromatic heterocycles. The van der Waals surface area contributed by atoms with Crippen molar-refractivity contribution in [2.24, 2.45) is 7.05 Å². The maximum absolute atomic E-state index is 4.36. The molecule has 0 aliphatic heterocycles. The normalized spacial score (nSPS) is 13.3. The van der Waals surface area contributed by atoms with E-state index in [1.807, 2.05) is 19.4 Å². The number of rotatable bonds is 7. The van der Waals surface area contributed by atoms with Gasteiger partial charge in [-0.05, 0) is 24.3 Å². The van der Waals surface area contributed by atoms with Gasteiger partial charge in [0.1, 0.15) is 5.82 Å². The Morgan fingerprint density at radius 2 is 1.95 bits per heavy atom. The number of hydrogen-bond acceptors (Lipinski definition) is 2. The maximum Gasteiger partial charge on any atom is 0.109 e. The second-order valence-electron chi connectivity index (χ2n) is 6.51. The summed E-state index contributed by atoms with van der Waals surface area (Å²) in [5.41, 5.74) is 1.60. The highest BCUT2D eigenvalue weighted by atomic mass is 15.0. The van der Waals surface area contributed by atoms with E-state index in [0.29, 0.717) is 6.04 Å². The summed E-state index contributed by atoms with van der Waals surface area (Å²) in [6, 6.07) is 11.3. The highest BCUT2D eigenvalue weighted by Crippen LogP contribution is 2.27. The molecule has 0 aliphatic carbocycles. The Bertz CT molecular complexity index is 543. The maximum atomic E-state index is 4.36. The van der Waals surface area contributed by atoms with Crippen molar-refractivity contribution in [2.75, 3.05) is 6.54 Å². The predicted molar refractivity (Wildman–Crippen MR) is 88.5 cm³/mol. The van der Waals surface area contributed by atoms with E-state index in [1.54, 1.807) is 0 Å². The predicted octanol–water partition coefficient (Wildman–Crippen LogP) is 3.31. The SMILES string of the molecule is CC(CC(C)(C)c1ccccc1)NCCc1nccn1C. The molecule has 0 saturated carbocycles. The summed E-state index contributed by atoms with van der Waals surface area (Å²) in [5.74, 6) is 1.14. The van der Waals surface area contributed by atoms with Gasteiger partial charge in [-0.3, -0.25) is 0 Å². The molecule has 0 bridgehead atoms. The Labute approximate surface area is 128 Å². The van der Waals surface area contributed by atoms with Gasteiger partial charge in [-0.1, -0.05) is 44.2 Å². The van der Waals surface area contributed by atoms with Crippen LogP contribution in [0.5, 0.6) is 0 Å². The third-order valence-electron chi connectivity index (χ3n) is 4.13. The molecule has 0 spiro atoms. The summed E-state index contributed by atoms with van der Waals surface area (Å²) in [6.45, 7) is 7.87. The van der Waals surface area contributed by atoms with Gasteiger partial charge in [0.05, 0.1) is 0 Å². The van der Waals surface area contributed by atoms with Crippen molar-refractivity contribution in [1.29, 1.82) is 0 Å².